The first-order valence-electron chi connectivity index (χ1n) is 10.5. The van der Waals surface area contributed by atoms with Gasteiger partial charge in [0.1, 0.15) is 0 Å². The molecule has 6 nitrogen and oxygen atoms in total. The molecule has 0 bridgehead atoms. The molecule has 1 atom stereocenters. The van der Waals surface area contributed by atoms with Crippen molar-refractivity contribution < 1.29 is 9.26 Å². The molecule has 4 rings (SSSR count). The molecular weight excluding hydrogens is 408 g/mol. The van der Waals surface area contributed by atoms with Crippen LogP contribution < -0.4 is 5.32 Å². The van der Waals surface area contributed by atoms with Gasteiger partial charge in [-0.3, -0.25) is 0 Å². The molecule has 2 heterocycles. The molecule has 0 fully saturated rings. The van der Waals surface area contributed by atoms with Gasteiger partial charge in [-0.2, -0.15) is 4.98 Å². The molecule has 1 unspecified atom stereocenters. The van der Waals surface area contributed by atoms with Crippen LogP contribution in [0.25, 0.3) is 17.0 Å². The molecule has 0 spiro atoms. The molecule has 31 heavy (non-hydrogen) atoms. The summed E-state index contributed by atoms with van der Waals surface area (Å²) in [5, 5.41) is 8.41. The number of benzene rings is 2. The van der Waals surface area contributed by atoms with E-state index in [9.17, 15) is 0 Å². The minimum Gasteiger partial charge on any atom is -0.382 e. The van der Waals surface area contributed by atoms with Crippen LogP contribution in [0.5, 0.6) is 0 Å². The Morgan fingerprint density at radius 2 is 1.81 bits per heavy atom. The molecule has 0 saturated carbocycles. The van der Waals surface area contributed by atoms with Gasteiger partial charge in [-0.1, -0.05) is 65.8 Å². The highest BCUT2D eigenvalue weighted by atomic mass is 32.1. The zero-order valence-electron chi connectivity index (χ0n) is 17.7. The molecule has 1 N–H and O–H groups in total. The molecule has 3 aromatic rings. The number of thiocarbonyl (C=S) groups is 1. The largest absolute Gasteiger partial charge is 0.382 e. The van der Waals surface area contributed by atoms with Crippen LogP contribution in [0.2, 0.25) is 0 Å². The maximum atomic E-state index is 5.75. The molecule has 1 aliphatic heterocycles. The summed E-state index contributed by atoms with van der Waals surface area (Å²) in [5.41, 5.74) is 3.95. The fourth-order valence-electron chi connectivity index (χ4n) is 3.73. The van der Waals surface area contributed by atoms with Crippen LogP contribution in [0.4, 0.5) is 0 Å². The van der Waals surface area contributed by atoms with Crippen molar-refractivity contribution in [1.29, 1.82) is 0 Å². The van der Waals surface area contributed by atoms with Gasteiger partial charge in [0, 0.05) is 31.0 Å². The van der Waals surface area contributed by atoms with Crippen molar-refractivity contribution in [2.75, 3.05) is 19.8 Å². The van der Waals surface area contributed by atoms with Gasteiger partial charge >= 0.3 is 0 Å². The fraction of sp³-hybridized carbons (Fsp3) is 0.292. The molecule has 0 amide bonds. The van der Waals surface area contributed by atoms with Crippen molar-refractivity contribution in [2.24, 2.45) is 0 Å². The third kappa shape index (κ3) is 4.68. The van der Waals surface area contributed by atoms with Crippen molar-refractivity contribution in [3.63, 3.8) is 0 Å². The van der Waals surface area contributed by atoms with Crippen LogP contribution in [0.15, 0.2) is 70.9 Å². The fourth-order valence-corrected chi connectivity index (χ4v) is 4.08. The first-order valence-corrected chi connectivity index (χ1v) is 10.9. The van der Waals surface area contributed by atoms with Gasteiger partial charge in [-0.25, -0.2) is 0 Å². The second-order valence-corrected chi connectivity index (χ2v) is 7.67. The molecule has 7 heteroatoms. The number of allylic oxidation sites excluding steroid dienone is 1. The third-order valence-corrected chi connectivity index (χ3v) is 5.63. The Morgan fingerprint density at radius 3 is 2.52 bits per heavy atom. The molecular formula is C24H26N4O2S. The second kappa shape index (κ2) is 9.85. The summed E-state index contributed by atoms with van der Waals surface area (Å²) >= 11 is 5.72. The lowest BCUT2D eigenvalue weighted by molar-refractivity contribution is 0.141. The predicted molar refractivity (Wildman–Crippen MR) is 125 cm³/mol. The summed E-state index contributed by atoms with van der Waals surface area (Å²) in [6, 6.07) is 19.9. The molecule has 0 aliphatic carbocycles. The summed E-state index contributed by atoms with van der Waals surface area (Å²) in [6.07, 6.45) is 0.870. The van der Waals surface area contributed by atoms with Crippen LogP contribution >= 0.6 is 12.2 Å². The van der Waals surface area contributed by atoms with Gasteiger partial charge in [0.25, 0.3) is 5.89 Å². The quantitative estimate of drug-likeness (QED) is 0.403. The zero-order valence-corrected chi connectivity index (χ0v) is 18.6. The number of rotatable bonds is 8. The first kappa shape index (κ1) is 21.2. The van der Waals surface area contributed by atoms with Crippen molar-refractivity contribution >= 4 is 22.9 Å². The predicted octanol–water partition coefficient (Wildman–Crippen LogP) is 4.83. The zero-order chi connectivity index (χ0) is 21.6. The summed E-state index contributed by atoms with van der Waals surface area (Å²) in [5.74, 6) is 1.06. The maximum absolute atomic E-state index is 5.75. The van der Waals surface area contributed by atoms with E-state index in [0.29, 0.717) is 30.0 Å². The Morgan fingerprint density at radius 1 is 1.10 bits per heavy atom. The van der Waals surface area contributed by atoms with Crippen LogP contribution in [-0.4, -0.2) is 39.9 Å². The van der Waals surface area contributed by atoms with Gasteiger partial charge < -0.3 is 19.5 Å². The van der Waals surface area contributed by atoms with Gasteiger partial charge in [0.2, 0.25) is 5.82 Å². The van der Waals surface area contributed by atoms with Crippen molar-refractivity contribution in [2.45, 2.75) is 26.3 Å². The minimum atomic E-state index is -0.166. The average Bonchev–Trinajstić information content (AvgIpc) is 3.29. The second-order valence-electron chi connectivity index (χ2n) is 7.28. The van der Waals surface area contributed by atoms with Gasteiger partial charge in [0.15, 0.2) is 5.11 Å². The van der Waals surface area contributed by atoms with E-state index in [2.05, 4.69) is 34.4 Å². The summed E-state index contributed by atoms with van der Waals surface area (Å²) in [4.78, 5) is 6.82. The number of hydrogen-bond acceptors (Lipinski definition) is 5. The van der Waals surface area contributed by atoms with Crippen LogP contribution in [-0.2, 0) is 4.74 Å². The Hall–Kier alpha value is -3.03. The first-order chi connectivity index (χ1) is 15.2. The SMILES string of the molecule is CCOCCCN1C(=S)NC(c2ccccc2)C(c2nc(-c3ccccc3)no2)=C1C. The van der Waals surface area contributed by atoms with Crippen LogP contribution in [0.3, 0.4) is 0 Å². The normalized spacial score (nSPS) is 16.5. The molecule has 0 radical (unpaired) electrons. The molecule has 2 aromatic carbocycles. The molecule has 1 aliphatic rings. The lowest BCUT2D eigenvalue weighted by Gasteiger charge is -2.37. The Kier molecular flexibility index (Phi) is 6.74. The number of nitrogens with zero attached hydrogens (tertiary/aromatic N) is 3. The van der Waals surface area contributed by atoms with Crippen molar-refractivity contribution in [1.82, 2.24) is 20.4 Å². The monoisotopic (exact) mass is 434 g/mol. The summed E-state index contributed by atoms with van der Waals surface area (Å²) in [7, 11) is 0. The topological polar surface area (TPSA) is 63.4 Å². The number of hydrogen-bond donors (Lipinski definition) is 1. The van der Waals surface area contributed by atoms with E-state index in [1.165, 1.54) is 0 Å². The van der Waals surface area contributed by atoms with E-state index in [-0.39, 0.29) is 6.04 Å². The Labute approximate surface area is 187 Å². The van der Waals surface area contributed by atoms with Crippen molar-refractivity contribution in [3.05, 3.63) is 77.8 Å². The molecule has 1 aromatic heterocycles. The smallest absolute Gasteiger partial charge is 0.258 e. The Bertz CT molecular complexity index is 1050. The van der Waals surface area contributed by atoms with Crippen molar-refractivity contribution in [3.8, 4) is 11.4 Å². The molecule has 160 valence electrons. The van der Waals surface area contributed by atoms with E-state index in [1.807, 2.05) is 55.5 Å². The highest BCUT2D eigenvalue weighted by molar-refractivity contribution is 7.80. The Balaban J connectivity index is 1.72. The lowest BCUT2D eigenvalue weighted by Crippen LogP contribution is -2.46. The van der Waals surface area contributed by atoms with Gasteiger partial charge in [0.05, 0.1) is 11.6 Å². The minimum absolute atomic E-state index is 0.166. The molecule has 0 saturated heterocycles. The van der Waals surface area contributed by atoms with E-state index >= 15 is 0 Å². The van der Waals surface area contributed by atoms with E-state index in [4.69, 9.17) is 26.5 Å². The third-order valence-electron chi connectivity index (χ3n) is 5.29. The lowest BCUT2D eigenvalue weighted by atomic mass is 9.95. The van der Waals surface area contributed by atoms with E-state index < -0.39 is 0 Å². The number of nitrogens with one attached hydrogen (secondary N) is 1. The standard InChI is InChI=1S/C24H26N4O2S/c1-3-29-16-10-15-28-17(2)20(21(25-24(28)31)18-11-6-4-7-12-18)23-26-22(27-30-23)19-13-8-5-9-14-19/h4-9,11-14,21H,3,10,15-16H2,1-2H3,(H,25,31). The highest BCUT2D eigenvalue weighted by Crippen LogP contribution is 2.37. The van der Waals surface area contributed by atoms with E-state index in [0.717, 1.165) is 35.4 Å². The summed E-state index contributed by atoms with van der Waals surface area (Å²) in [6.45, 7) is 6.22. The number of ether oxygens (including phenoxy) is 1. The van der Waals surface area contributed by atoms with E-state index in [1.54, 1.807) is 0 Å². The maximum Gasteiger partial charge on any atom is 0.258 e. The highest BCUT2D eigenvalue weighted by Gasteiger charge is 2.33. The average molecular weight is 435 g/mol. The van der Waals surface area contributed by atoms with Gasteiger partial charge in [-0.05, 0) is 38.0 Å². The summed E-state index contributed by atoms with van der Waals surface area (Å²) < 4.78 is 11.3. The van der Waals surface area contributed by atoms with Crippen LogP contribution in [0, 0.1) is 0 Å². The number of aromatic nitrogens is 2. The van der Waals surface area contributed by atoms with Gasteiger partial charge in [-0.15, -0.1) is 0 Å². The van der Waals surface area contributed by atoms with Crippen LogP contribution in [0.1, 0.15) is 37.8 Å².